The Morgan fingerprint density at radius 2 is 2.29 bits per heavy atom. The van der Waals surface area contributed by atoms with Gasteiger partial charge in [-0.15, -0.1) is 0 Å². The number of nitrogens with one attached hydrogen (secondary N) is 1. The molecule has 0 radical (unpaired) electrons. The Morgan fingerprint density at radius 1 is 1.65 bits per heavy atom. The van der Waals surface area contributed by atoms with Crippen molar-refractivity contribution in [2.75, 3.05) is 6.54 Å². The summed E-state index contributed by atoms with van der Waals surface area (Å²) in [4.78, 5) is 16.0. The predicted octanol–water partition coefficient (Wildman–Crippen LogP) is 1.78. The van der Waals surface area contributed by atoms with Crippen molar-refractivity contribution in [1.29, 1.82) is 0 Å². The fraction of sp³-hybridized carbons (Fsp3) is 0.364. The van der Waals surface area contributed by atoms with Gasteiger partial charge < -0.3 is 11.1 Å². The third kappa shape index (κ3) is 3.64. The first-order chi connectivity index (χ1) is 7.84. The van der Waals surface area contributed by atoms with Crippen LogP contribution < -0.4 is 11.1 Å². The molecule has 0 aliphatic heterocycles. The first-order valence-corrected chi connectivity index (χ1v) is 5.81. The van der Waals surface area contributed by atoms with Gasteiger partial charge in [-0.25, -0.2) is 0 Å². The summed E-state index contributed by atoms with van der Waals surface area (Å²) in [5.41, 5.74) is 5.53. The molecule has 1 rings (SSSR count). The second kappa shape index (κ2) is 5.42. The van der Waals surface area contributed by atoms with E-state index in [1.807, 2.05) is 13.8 Å². The number of aromatic nitrogens is 1. The lowest BCUT2D eigenvalue weighted by Gasteiger charge is -2.23. The minimum absolute atomic E-state index is 0.262. The molecule has 1 aromatic rings. The minimum Gasteiger partial charge on any atom is -0.393 e. The Hall–Kier alpha value is -1.20. The molecular formula is C11H14ClN3OS. The molecule has 1 amide bonds. The van der Waals surface area contributed by atoms with Crippen molar-refractivity contribution in [3.8, 4) is 0 Å². The normalized spacial score (nSPS) is 11.0. The molecule has 0 saturated carbocycles. The SMILES string of the molecule is CC(C)(CNC(=O)c1ccncc1Cl)C(N)=S. The first-order valence-electron chi connectivity index (χ1n) is 5.02. The van der Waals surface area contributed by atoms with Gasteiger partial charge in [0, 0.05) is 24.4 Å². The van der Waals surface area contributed by atoms with Crippen molar-refractivity contribution in [3.63, 3.8) is 0 Å². The van der Waals surface area contributed by atoms with Crippen molar-refractivity contribution in [2.45, 2.75) is 13.8 Å². The Bertz CT molecular complexity index is 448. The zero-order valence-corrected chi connectivity index (χ0v) is 11.2. The van der Waals surface area contributed by atoms with Crippen molar-refractivity contribution >= 4 is 34.7 Å². The van der Waals surface area contributed by atoms with Crippen molar-refractivity contribution in [1.82, 2.24) is 10.3 Å². The summed E-state index contributed by atoms with van der Waals surface area (Å²) < 4.78 is 0. The Kier molecular flexibility index (Phi) is 4.42. The van der Waals surface area contributed by atoms with Crippen molar-refractivity contribution in [3.05, 3.63) is 29.0 Å². The second-order valence-electron chi connectivity index (χ2n) is 4.29. The molecule has 4 nitrogen and oxygen atoms in total. The lowest BCUT2D eigenvalue weighted by Crippen LogP contribution is -2.41. The number of nitrogens with zero attached hydrogens (tertiary/aromatic N) is 1. The van der Waals surface area contributed by atoms with E-state index in [4.69, 9.17) is 29.6 Å². The van der Waals surface area contributed by atoms with Gasteiger partial charge in [-0.05, 0) is 6.07 Å². The summed E-state index contributed by atoms with van der Waals surface area (Å²) >= 11 is 10.8. The summed E-state index contributed by atoms with van der Waals surface area (Å²) in [6.07, 6.45) is 2.94. The molecule has 0 saturated heterocycles. The van der Waals surface area contributed by atoms with Gasteiger partial charge in [0.25, 0.3) is 5.91 Å². The molecule has 6 heteroatoms. The molecule has 0 atom stereocenters. The third-order valence-corrected chi connectivity index (χ3v) is 3.23. The number of thiocarbonyl (C=S) groups is 1. The van der Waals surface area contributed by atoms with Gasteiger partial charge in [-0.3, -0.25) is 9.78 Å². The number of amides is 1. The van der Waals surface area contributed by atoms with Crippen LogP contribution in [0.5, 0.6) is 0 Å². The van der Waals surface area contributed by atoms with Crippen LogP contribution in [0.1, 0.15) is 24.2 Å². The van der Waals surface area contributed by atoms with Gasteiger partial charge in [0.15, 0.2) is 0 Å². The summed E-state index contributed by atoms with van der Waals surface area (Å²) in [6.45, 7) is 4.09. The fourth-order valence-electron chi connectivity index (χ4n) is 1.04. The van der Waals surface area contributed by atoms with E-state index in [2.05, 4.69) is 10.3 Å². The Morgan fingerprint density at radius 3 is 2.82 bits per heavy atom. The standard InChI is InChI=1S/C11H14ClN3OS/c1-11(2,10(13)17)6-15-9(16)7-3-4-14-5-8(7)12/h3-5H,6H2,1-2H3,(H2,13,17)(H,15,16). The van der Waals surface area contributed by atoms with Gasteiger partial charge in [0.2, 0.25) is 0 Å². The topological polar surface area (TPSA) is 68.0 Å². The average molecular weight is 272 g/mol. The molecule has 1 heterocycles. The monoisotopic (exact) mass is 271 g/mol. The fourth-order valence-corrected chi connectivity index (χ4v) is 1.32. The highest BCUT2D eigenvalue weighted by Crippen LogP contribution is 2.16. The van der Waals surface area contributed by atoms with Crippen LogP contribution in [0.3, 0.4) is 0 Å². The van der Waals surface area contributed by atoms with Crippen molar-refractivity contribution < 1.29 is 4.79 Å². The zero-order chi connectivity index (χ0) is 13.1. The summed E-state index contributed by atoms with van der Waals surface area (Å²) in [5.74, 6) is -0.262. The number of carbonyl (C=O) groups is 1. The number of hydrogen-bond donors (Lipinski definition) is 2. The number of pyridine rings is 1. The molecule has 0 unspecified atom stereocenters. The number of hydrogen-bond acceptors (Lipinski definition) is 3. The summed E-state index contributed by atoms with van der Waals surface area (Å²) in [6, 6.07) is 1.56. The highest BCUT2D eigenvalue weighted by Gasteiger charge is 2.22. The molecule has 17 heavy (non-hydrogen) atoms. The van der Waals surface area contributed by atoms with Gasteiger partial charge in [0.1, 0.15) is 0 Å². The smallest absolute Gasteiger partial charge is 0.252 e. The van der Waals surface area contributed by atoms with Crippen LogP contribution in [0, 0.1) is 5.41 Å². The van der Waals surface area contributed by atoms with Gasteiger partial charge in [-0.1, -0.05) is 37.7 Å². The van der Waals surface area contributed by atoms with Crippen LogP contribution in [0.15, 0.2) is 18.5 Å². The van der Waals surface area contributed by atoms with E-state index >= 15 is 0 Å². The molecule has 0 aliphatic carbocycles. The highest BCUT2D eigenvalue weighted by atomic mass is 35.5. The Labute approximate surface area is 111 Å². The molecule has 1 aromatic heterocycles. The first kappa shape index (κ1) is 13.9. The number of halogens is 1. The predicted molar refractivity (Wildman–Crippen MR) is 72.1 cm³/mol. The van der Waals surface area contributed by atoms with Crippen LogP contribution >= 0.6 is 23.8 Å². The molecule has 92 valence electrons. The number of nitrogens with two attached hydrogens (primary N) is 1. The van der Waals surface area contributed by atoms with Gasteiger partial charge in [-0.2, -0.15) is 0 Å². The molecule has 0 fully saturated rings. The maximum Gasteiger partial charge on any atom is 0.252 e. The van der Waals surface area contributed by atoms with Gasteiger partial charge in [0.05, 0.1) is 15.6 Å². The average Bonchev–Trinajstić information content (AvgIpc) is 2.26. The van der Waals surface area contributed by atoms with E-state index in [0.29, 0.717) is 22.1 Å². The summed E-state index contributed by atoms with van der Waals surface area (Å²) in [5, 5.41) is 3.06. The zero-order valence-electron chi connectivity index (χ0n) is 9.66. The van der Waals surface area contributed by atoms with Crippen LogP contribution in [0.4, 0.5) is 0 Å². The van der Waals surface area contributed by atoms with Crippen LogP contribution in [-0.2, 0) is 0 Å². The number of carbonyl (C=O) groups excluding carboxylic acids is 1. The molecule has 0 bridgehead atoms. The van der Waals surface area contributed by atoms with E-state index in [-0.39, 0.29) is 5.91 Å². The third-order valence-electron chi connectivity index (χ3n) is 2.37. The lowest BCUT2D eigenvalue weighted by molar-refractivity contribution is 0.0945. The lowest BCUT2D eigenvalue weighted by atomic mass is 9.93. The largest absolute Gasteiger partial charge is 0.393 e. The maximum absolute atomic E-state index is 11.8. The van der Waals surface area contributed by atoms with Crippen LogP contribution in [-0.4, -0.2) is 22.4 Å². The molecule has 0 spiro atoms. The van der Waals surface area contributed by atoms with E-state index < -0.39 is 5.41 Å². The quantitative estimate of drug-likeness (QED) is 0.819. The molecule has 0 aromatic carbocycles. The van der Waals surface area contributed by atoms with E-state index in [1.165, 1.54) is 12.4 Å². The molecule has 3 N–H and O–H groups in total. The maximum atomic E-state index is 11.8. The van der Waals surface area contributed by atoms with Crippen LogP contribution in [0.2, 0.25) is 5.02 Å². The van der Waals surface area contributed by atoms with E-state index in [9.17, 15) is 4.79 Å². The van der Waals surface area contributed by atoms with E-state index in [0.717, 1.165) is 0 Å². The van der Waals surface area contributed by atoms with E-state index in [1.54, 1.807) is 6.07 Å². The Balaban J connectivity index is 2.69. The van der Waals surface area contributed by atoms with Gasteiger partial charge >= 0.3 is 0 Å². The van der Waals surface area contributed by atoms with Crippen LogP contribution in [0.25, 0.3) is 0 Å². The van der Waals surface area contributed by atoms with Crippen molar-refractivity contribution in [2.24, 2.45) is 11.1 Å². The summed E-state index contributed by atoms with van der Waals surface area (Å²) in [7, 11) is 0. The molecule has 0 aliphatic rings. The highest BCUT2D eigenvalue weighted by molar-refractivity contribution is 7.80. The minimum atomic E-state index is -0.426. The molecular weight excluding hydrogens is 258 g/mol. The number of rotatable bonds is 4. The second-order valence-corrected chi connectivity index (χ2v) is 5.13.